The fourth-order valence-corrected chi connectivity index (χ4v) is 6.37. The third-order valence-electron chi connectivity index (χ3n) is 8.35. The van der Waals surface area contributed by atoms with Crippen LogP contribution in [-0.2, 0) is 46.5 Å². The standard InChI is InChI=1S/C38H68O14P2/c1-4-5-6-7-14-19-24-35-36(52-35)25-20-15-9-8-10-16-21-26-37(40)47-30-34(51-38(41)27-22-17-12-11-13-18-23-32(2)3)31-50-54(45,46)49-29-33(39)28-48-53(42,43)44/h8,10,14-15,19-20,32-36,39H,4-7,9,11-13,16-18,21-31H2,1-3H3,(H,45,46)(H2,42,43,44)/b10-8-,19-14-,20-15-/t33-,34+,35?,36?/m0/s1. The largest absolute Gasteiger partial charge is 0.472 e. The van der Waals surface area contributed by atoms with Crippen LogP contribution in [0.3, 0.4) is 0 Å². The Morgan fingerprint density at radius 2 is 1.26 bits per heavy atom. The summed E-state index contributed by atoms with van der Waals surface area (Å²) >= 11 is 0. The topological polar surface area (TPSA) is 208 Å². The zero-order valence-electron chi connectivity index (χ0n) is 32.7. The molecule has 1 heterocycles. The van der Waals surface area contributed by atoms with E-state index >= 15 is 0 Å². The van der Waals surface area contributed by atoms with Crippen LogP contribution in [0.5, 0.6) is 0 Å². The van der Waals surface area contributed by atoms with Gasteiger partial charge in [0.1, 0.15) is 12.7 Å². The molecule has 14 nitrogen and oxygen atoms in total. The van der Waals surface area contributed by atoms with Crippen LogP contribution in [0.15, 0.2) is 36.5 Å². The number of ether oxygens (including phenoxy) is 3. The molecule has 4 N–H and O–H groups in total. The Kier molecular flexibility index (Phi) is 28.4. The van der Waals surface area contributed by atoms with Gasteiger partial charge in [0.25, 0.3) is 0 Å². The first kappa shape index (κ1) is 50.3. The minimum absolute atomic E-state index is 0.114. The predicted molar refractivity (Wildman–Crippen MR) is 206 cm³/mol. The van der Waals surface area contributed by atoms with Crippen LogP contribution in [0.1, 0.15) is 136 Å². The number of esters is 2. The van der Waals surface area contributed by atoms with Gasteiger partial charge in [-0.15, -0.1) is 0 Å². The highest BCUT2D eigenvalue weighted by molar-refractivity contribution is 7.47. The van der Waals surface area contributed by atoms with Crippen molar-refractivity contribution in [3.8, 4) is 0 Å². The molecule has 54 heavy (non-hydrogen) atoms. The molecule has 0 aliphatic carbocycles. The molecule has 1 aliphatic heterocycles. The Bertz CT molecular complexity index is 1180. The second-order valence-corrected chi connectivity index (χ2v) is 16.8. The van der Waals surface area contributed by atoms with E-state index < -0.39 is 66.2 Å². The maximum Gasteiger partial charge on any atom is 0.472 e. The molecule has 5 atom stereocenters. The van der Waals surface area contributed by atoms with Crippen molar-refractivity contribution in [2.75, 3.05) is 26.4 Å². The number of hydrogen-bond donors (Lipinski definition) is 4. The van der Waals surface area contributed by atoms with E-state index in [-0.39, 0.29) is 12.8 Å². The molecular weight excluding hydrogens is 742 g/mol. The summed E-state index contributed by atoms with van der Waals surface area (Å²) in [5.74, 6) is -0.427. The summed E-state index contributed by atoms with van der Waals surface area (Å²) in [7, 11) is -9.68. The monoisotopic (exact) mass is 810 g/mol. The van der Waals surface area contributed by atoms with E-state index in [4.69, 9.17) is 28.5 Å². The number of rotatable bonds is 35. The first-order valence-corrected chi connectivity index (χ1v) is 22.7. The van der Waals surface area contributed by atoms with Crippen LogP contribution in [0.4, 0.5) is 0 Å². The third kappa shape index (κ3) is 31.5. The van der Waals surface area contributed by atoms with Gasteiger partial charge in [-0.25, -0.2) is 9.13 Å². The molecule has 1 aliphatic rings. The summed E-state index contributed by atoms with van der Waals surface area (Å²) in [5, 5.41) is 9.71. The average molecular weight is 811 g/mol. The SMILES string of the molecule is CCCCC/C=C\CC1OC1C/C=C\C/C=C\CCCC(=O)OC[C@H](COP(=O)(O)OC[C@@H](O)COP(=O)(O)O)OC(=O)CCCCCCCCC(C)C. The molecule has 1 rings (SSSR count). The lowest BCUT2D eigenvalue weighted by Gasteiger charge is -2.20. The predicted octanol–water partition coefficient (Wildman–Crippen LogP) is 8.18. The van der Waals surface area contributed by atoms with E-state index in [1.165, 1.54) is 32.1 Å². The van der Waals surface area contributed by atoms with E-state index in [1.807, 2.05) is 12.2 Å². The molecule has 3 unspecified atom stereocenters. The molecule has 0 amide bonds. The fourth-order valence-electron chi connectivity index (χ4n) is 5.21. The molecule has 0 radical (unpaired) electrons. The molecule has 0 bridgehead atoms. The van der Waals surface area contributed by atoms with Gasteiger partial charge < -0.3 is 34.0 Å². The van der Waals surface area contributed by atoms with Crippen LogP contribution in [0.2, 0.25) is 0 Å². The van der Waals surface area contributed by atoms with Crippen molar-refractivity contribution in [1.82, 2.24) is 0 Å². The van der Waals surface area contributed by atoms with E-state index in [2.05, 4.69) is 54.1 Å². The number of aliphatic hydroxyl groups is 1. The van der Waals surface area contributed by atoms with Gasteiger partial charge in [0.05, 0.1) is 32.0 Å². The Labute approximate surface area is 322 Å². The highest BCUT2D eigenvalue weighted by Gasteiger charge is 2.36. The molecular formula is C38H68O14P2. The van der Waals surface area contributed by atoms with E-state index in [1.54, 1.807) is 0 Å². The lowest BCUT2D eigenvalue weighted by Crippen LogP contribution is -2.30. The van der Waals surface area contributed by atoms with Crippen molar-refractivity contribution in [2.24, 2.45) is 5.92 Å². The zero-order valence-corrected chi connectivity index (χ0v) is 34.5. The Hall–Kier alpha value is -1.70. The molecule has 0 aromatic rings. The number of phosphoric acid groups is 2. The molecule has 16 heteroatoms. The van der Waals surface area contributed by atoms with Gasteiger partial charge in [-0.2, -0.15) is 0 Å². The van der Waals surface area contributed by atoms with Crippen LogP contribution in [0, 0.1) is 5.92 Å². The lowest BCUT2D eigenvalue weighted by molar-refractivity contribution is -0.161. The minimum Gasteiger partial charge on any atom is -0.462 e. The summed E-state index contributed by atoms with van der Waals surface area (Å²) in [6.07, 6.45) is 26.5. The molecule has 1 fully saturated rings. The first-order chi connectivity index (χ1) is 25.7. The second-order valence-electron chi connectivity index (χ2n) is 14.1. The van der Waals surface area contributed by atoms with Crippen LogP contribution in [-0.4, -0.2) is 82.6 Å². The quantitative estimate of drug-likeness (QED) is 0.0157. The maximum atomic E-state index is 12.6. The van der Waals surface area contributed by atoms with Crippen molar-refractivity contribution in [3.63, 3.8) is 0 Å². The van der Waals surface area contributed by atoms with Crippen LogP contribution >= 0.6 is 15.6 Å². The van der Waals surface area contributed by atoms with E-state index in [0.717, 1.165) is 51.4 Å². The van der Waals surface area contributed by atoms with Gasteiger partial charge >= 0.3 is 27.6 Å². The van der Waals surface area contributed by atoms with Gasteiger partial charge in [0.15, 0.2) is 6.10 Å². The number of allylic oxidation sites excluding steroid dienone is 4. The number of carbonyl (C=O) groups excluding carboxylic acids is 2. The normalized spacial score (nSPS) is 18.4. The summed E-state index contributed by atoms with van der Waals surface area (Å²) in [6.45, 7) is 3.83. The van der Waals surface area contributed by atoms with Crippen LogP contribution in [0.25, 0.3) is 0 Å². The number of aliphatic hydroxyl groups excluding tert-OH is 1. The number of epoxide rings is 1. The summed E-state index contributed by atoms with van der Waals surface area (Å²) in [4.78, 5) is 52.4. The van der Waals surface area contributed by atoms with Gasteiger partial charge in [0, 0.05) is 12.8 Å². The smallest absolute Gasteiger partial charge is 0.462 e. The fraction of sp³-hybridized carbons (Fsp3) is 0.789. The van der Waals surface area contributed by atoms with Crippen molar-refractivity contribution < 1.29 is 66.3 Å². The minimum atomic E-state index is -4.86. The second kappa shape index (κ2) is 30.4. The molecule has 314 valence electrons. The van der Waals surface area contributed by atoms with Crippen LogP contribution < -0.4 is 0 Å². The number of unbranched alkanes of at least 4 members (excludes halogenated alkanes) is 9. The third-order valence-corrected chi connectivity index (χ3v) is 9.79. The lowest BCUT2D eigenvalue weighted by atomic mass is 10.0. The van der Waals surface area contributed by atoms with Crippen molar-refractivity contribution in [1.29, 1.82) is 0 Å². The molecule has 0 saturated carbocycles. The number of phosphoric ester groups is 2. The molecule has 0 aromatic carbocycles. The van der Waals surface area contributed by atoms with Crippen molar-refractivity contribution >= 4 is 27.6 Å². The zero-order chi connectivity index (χ0) is 40.1. The van der Waals surface area contributed by atoms with Gasteiger partial charge in [-0.1, -0.05) is 109 Å². The van der Waals surface area contributed by atoms with Crippen molar-refractivity contribution in [2.45, 2.75) is 161 Å². The summed E-state index contributed by atoms with van der Waals surface area (Å²) in [6, 6.07) is 0. The van der Waals surface area contributed by atoms with Crippen molar-refractivity contribution in [3.05, 3.63) is 36.5 Å². The Morgan fingerprint density at radius 3 is 1.94 bits per heavy atom. The molecule has 0 aromatic heterocycles. The van der Waals surface area contributed by atoms with Gasteiger partial charge in [-0.05, 0) is 57.3 Å². The summed E-state index contributed by atoms with van der Waals surface area (Å²) < 4.78 is 53.2. The van der Waals surface area contributed by atoms with Gasteiger partial charge in [-0.3, -0.25) is 23.2 Å². The Morgan fingerprint density at radius 1 is 0.685 bits per heavy atom. The molecule has 1 saturated heterocycles. The number of carbonyl (C=O) groups is 2. The van der Waals surface area contributed by atoms with E-state index in [9.17, 15) is 28.7 Å². The highest BCUT2D eigenvalue weighted by atomic mass is 31.2. The van der Waals surface area contributed by atoms with Gasteiger partial charge in [0.2, 0.25) is 0 Å². The van der Waals surface area contributed by atoms with E-state index in [0.29, 0.717) is 37.4 Å². The maximum absolute atomic E-state index is 12.6. The highest BCUT2D eigenvalue weighted by Crippen LogP contribution is 2.43. The first-order valence-electron chi connectivity index (χ1n) is 19.7. The Balaban J connectivity index is 2.41. The average Bonchev–Trinajstić information content (AvgIpc) is 3.86. The molecule has 0 spiro atoms. The number of hydrogen-bond acceptors (Lipinski definition) is 11. The summed E-state index contributed by atoms with van der Waals surface area (Å²) in [5.41, 5.74) is 0.